The van der Waals surface area contributed by atoms with E-state index in [0.29, 0.717) is 13.2 Å². The molecule has 21 heavy (non-hydrogen) atoms. The average molecular weight is 297 g/mol. The third-order valence-electron chi connectivity index (χ3n) is 4.71. The van der Waals surface area contributed by atoms with E-state index >= 15 is 0 Å². The molecule has 2 aliphatic rings. The molecule has 0 aromatic heterocycles. The summed E-state index contributed by atoms with van der Waals surface area (Å²) < 4.78 is 5.42. The maximum atomic E-state index is 12.2. The maximum Gasteiger partial charge on any atom is 0.227 e. The number of likely N-dealkylation sites (tertiary alicyclic amines) is 1. The lowest BCUT2D eigenvalue weighted by atomic mass is 9.99. The Balaban J connectivity index is 1.58. The number of rotatable bonds is 7. The summed E-state index contributed by atoms with van der Waals surface area (Å²) in [5.41, 5.74) is 0. The van der Waals surface area contributed by atoms with Crippen LogP contribution in [0.3, 0.4) is 0 Å². The molecule has 2 aliphatic heterocycles. The van der Waals surface area contributed by atoms with E-state index in [9.17, 15) is 4.79 Å². The molecular formula is C16H31N3O2. The van der Waals surface area contributed by atoms with Crippen LogP contribution >= 0.6 is 0 Å². The van der Waals surface area contributed by atoms with Crippen molar-refractivity contribution in [2.24, 2.45) is 11.8 Å². The summed E-state index contributed by atoms with van der Waals surface area (Å²) in [7, 11) is 0. The number of hydrogen-bond acceptors (Lipinski definition) is 4. The van der Waals surface area contributed by atoms with Crippen LogP contribution in [0.15, 0.2) is 0 Å². The fourth-order valence-corrected chi connectivity index (χ4v) is 3.21. The smallest absolute Gasteiger partial charge is 0.227 e. The molecule has 2 heterocycles. The first-order valence-electron chi connectivity index (χ1n) is 8.52. The molecule has 5 nitrogen and oxygen atoms in total. The molecule has 0 aliphatic carbocycles. The summed E-state index contributed by atoms with van der Waals surface area (Å²) in [6, 6.07) is 0.179. The van der Waals surface area contributed by atoms with Crippen molar-refractivity contribution in [1.82, 2.24) is 15.5 Å². The van der Waals surface area contributed by atoms with Gasteiger partial charge in [-0.25, -0.2) is 0 Å². The molecule has 2 fully saturated rings. The molecule has 122 valence electrons. The minimum absolute atomic E-state index is 0.0270. The number of nitrogens with one attached hydrogen (secondary N) is 2. The van der Waals surface area contributed by atoms with Gasteiger partial charge in [-0.15, -0.1) is 0 Å². The zero-order valence-corrected chi connectivity index (χ0v) is 13.6. The summed E-state index contributed by atoms with van der Waals surface area (Å²) in [6.45, 7) is 10.8. The Hall–Kier alpha value is -0.650. The van der Waals surface area contributed by atoms with Crippen LogP contribution in [0.25, 0.3) is 0 Å². The lowest BCUT2D eigenvalue weighted by molar-refractivity contribution is -0.125. The van der Waals surface area contributed by atoms with Crippen LogP contribution in [0.2, 0.25) is 0 Å². The van der Waals surface area contributed by atoms with Gasteiger partial charge in [0.2, 0.25) is 5.91 Å². The van der Waals surface area contributed by atoms with Gasteiger partial charge in [-0.3, -0.25) is 4.79 Å². The van der Waals surface area contributed by atoms with E-state index in [0.717, 1.165) is 32.0 Å². The van der Waals surface area contributed by atoms with Crippen LogP contribution in [0.5, 0.6) is 0 Å². The highest BCUT2D eigenvalue weighted by Gasteiger charge is 2.33. The number of hydrogen-bond donors (Lipinski definition) is 2. The second kappa shape index (κ2) is 8.71. The van der Waals surface area contributed by atoms with Crippen molar-refractivity contribution in [3.8, 4) is 0 Å². The molecular weight excluding hydrogens is 266 g/mol. The summed E-state index contributed by atoms with van der Waals surface area (Å²) in [5, 5.41) is 6.40. The largest absolute Gasteiger partial charge is 0.379 e. The number of carbonyl (C=O) groups excluding carboxylic acids is 1. The molecule has 5 heteroatoms. The number of likely N-dealkylation sites (N-methyl/N-ethyl adjacent to an activating group) is 1. The lowest BCUT2D eigenvalue weighted by Gasteiger charge is -2.30. The van der Waals surface area contributed by atoms with Crippen molar-refractivity contribution < 1.29 is 9.53 Å². The molecule has 2 atom stereocenters. The topological polar surface area (TPSA) is 53.6 Å². The Morgan fingerprint density at radius 1 is 1.29 bits per heavy atom. The summed E-state index contributed by atoms with van der Waals surface area (Å²) in [4.78, 5) is 14.7. The van der Waals surface area contributed by atoms with Crippen molar-refractivity contribution in [2.45, 2.75) is 39.2 Å². The summed E-state index contributed by atoms with van der Waals surface area (Å²) in [6.07, 6.45) is 3.67. The molecule has 2 rings (SSSR count). The monoisotopic (exact) mass is 297 g/mol. The number of nitrogens with zero attached hydrogens (tertiary/aromatic N) is 1. The van der Waals surface area contributed by atoms with Crippen molar-refractivity contribution in [3.63, 3.8) is 0 Å². The fraction of sp³-hybridized carbons (Fsp3) is 0.938. The molecule has 0 spiro atoms. The summed E-state index contributed by atoms with van der Waals surface area (Å²) >= 11 is 0. The molecule has 0 saturated carbocycles. The van der Waals surface area contributed by atoms with E-state index < -0.39 is 0 Å². The molecule has 0 radical (unpaired) electrons. The van der Waals surface area contributed by atoms with Gasteiger partial charge in [0.1, 0.15) is 0 Å². The van der Waals surface area contributed by atoms with E-state index in [1.54, 1.807) is 0 Å². The minimum Gasteiger partial charge on any atom is -0.379 e. The van der Waals surface area contributed by atoms with Gasteiger partial charge in [0.25, 0.3) is 0 Å². The quantitative estimate of drug-likeness (QED) is 0.684. The first-order chi connectivity index (χ1) is 10.2. The Morgan fingerprint density at radius 2 is 2.05 bits per heavy atom. The second-order valence-corrected chi connectivity index (χ2v) is 6.48. The normalized spacial score (nSPS) is 27.9. The van der Waals surface area contributed by atoms with Gasteiger partial charge in [-0.05, 0) is 51.4 Å². The SMILES string of the molecule is CCNC1COCC1C(=O)NCCCN1CCC(C)CC1. The molecule has 2 unspecified atom stereocenters. The van der Waals surface area contributed by atoms with E-state index in [4.69, 9.17) is 4.74 Å². The highest BCUT2D eigenvalue weighted by atomic mass is 16.5. The van der Waals surface area contributed by atoms with E-state index in [-0.39, 0.29) is 17.9 Å². The Bertz CT molecular complexity index is 317. The Morgan fingerprint density at radius 3 is 2.76 bits per heavy atom. The highest BCUT2D eigenvalue weighted by Crippen LogP contribution is 2.16. The molecule has 0 aromatic rings. The summed E-state index contributed by atoms with van der Waals surface area (Å²) in [5.74, 6) is 0.998. The average Bonchev–Trinajstić information content (AvgIpc) is 2.94. The molecule has 0 bridgehead atoms. The number of carbonyl (C=O) groups is 1. The molecule has 1 amide bonds. The van der Waals surface area contributed by atoms with Gasteiger partial charge in [-0.1, -0.05) is 13.8 Å². The van der Waals surface area contributed by atoms with Crippen molar-refractivity contribution in [3.05, 3.63) is 0 Å². The molecule has 0 aromatic carbocycles. The van der Waals surface area contributed by atoms with Crippen LogP contribution in [-0.2, 0) is 9.53 Å². The van der Waals surface area contributed by atoms with Crippen LogP contribution in [0.4, 0.5) is 0 Å². The lowest BCUT2D eigenvalue weighted by Crippen LogP contribution is -2.44. The third kappa shape index (κ3) is 5.24. The first-order valence-corrected chi connectivity index (χ1v) is 8.52. The fourth-order valence-electron chi connectivity index (χ4n) is 3.21. The van der Waals surface area contributed by atoms with Gasteiger partial charge in [0.15, 0.2) is 0 Å². The van der Waals surface area contributed by atoms with Crippen molar-refractivity contribution in [2.75, 3.05) is 45.9 Å². The molecule has 2 N–H and O–H groups in total. The van der Waals surface area contributed by atoms with Crippen LogP contribution < -0.4 is 10.6 Å². The van der Waals surface area contributed by atoms with Crippen molar-refractivity contribution >= 4 is 5.91 Å². The number of ether oxygens (including phenoxy) is 1. The predicted molar refractivity (Wildman–Crippen MR) is 84.2 cm³/mol. The first kappa shape index (κ1) is 16.7. The Kier molecular flexibility index (Phi) is 6.93. The van der Waals surface area contributed by atoms with Crippen LogP contribution in [0.1, 0.15) is 33.1 Å². The predicted octanol–water partition coefficient (Wildman–Crippen LogP) is 0.849. The zero-order chi connectivity index (χ0) is 15.1. The van der Waals surface area contributed by atoms with E-state index in [1.807, 2.05) is 0 Å². The van der Waals surface area contributed by atoms with Gasteiger partial charge in [0, 0.05) is 12.6 Å². The van der Waals surface area contributed by atoms with Crippen molar-refractivity contribution in [1.29, 1.82) is 0 Å². The van der Waals surface area contributed by atoms with Gasteiger partial charge < -0.3 is 20.3 Å². The minimum atomic E-state index is -0.0270. The van der Waals surface area contributed by atoms with Crippen LogP contribution in [-0.4, -0.2) is 62.8 Å². The highest BCUT2D eigenvalue weighted by molar-refractivity contribution is 5.79. The number of piperidine rings is 1. The third-order valence-corrected chi connectivity index (χ3v) is 4.71. The Labute approximate surface area is 128 Å². The van der Waals surface area contributed by atoms with Crippen LogP contribution in [0, 0.1) is 11.8 Å². The van der Waals surface area contributed by atoms with E-state index in [2.05, 4.69) is 29.4 Å². The zero-order valence-electron chi connectivity index (χ0n) is 13.6. The van der Waals surface area contributed by atoms with E-state index in [1.165, 1.54) is 25.9 Å². The van der Waals surface area contributed by atoms with Gasteiger partial charge >= 0.3 is 0 Å². The maximum absolute atomic E-state index is 12.2. The molecule has 2 saturated heterocycles. The second-order valence-electron chi connectivity index (χ2n) is 6.48. The number of amides is 1. The van der Waals surface area contributed by atoms with Gasteiger partial charge in [-0.2, -0.15) is 0 Å². The standard InChI is InChI=1S/C16H31N3O2/c1-3-17-15-12-21-11-14(15)16(20)18-7-4-8-19-9-5-13(2)6-10-19/h13-15,17H,3-12H2,1-2H3,(H,18,20). The van der Waals surface area contributed by atoms with Gasteiger partial charge in [0.05, 0.1) is 19.1 Å².